The lowest BCUT2D eigenvalue weighted by molar-refractivity contribution is -0.122. The Hall–Kier alpha value is -4.97. The van der Waals surface area contributed by atoms with Gasteiger partial charge in [0.25, 0.3) is 0 Å². The number of anilines is 1. The second-order valence-electron chi connectivity index (χ2n) is 11.3. The summed E-state index contributed by atoms with van der Waals surface area (Å²) in [6.07, 6.45) is 11.0. The molecular weight excluding hydrogens is 581 g/mol. The van der Waals surface area contributed by atoms with Gasteiger partial charge in [-0.3, -0.25) is 24.8 Å². The van der Waals surface area contributed by atoms with E-state index >= 15 is 0 Å². The van der Waals surface area contributed by atoms with E-state index in [0.717, 1.165) is 52.3 Å². The van der Waals surface area contributed by atoms with Crippen molar-refractivity contribution in [1.82, 2.24) is 30.1 Å². The molecular formula is C32H28FN7O3S. The van der Waals surface area contributed by atoms with Gasteiger partial charge in [0.15, 0.2) is 0 Å². The molecule has 7 rings (SSSR count). The number of sulfone groups is 1. The molecule has 3 N–H and O–H groups in total. The van der Waals surface area contributed by atoms with E-state index in [1.54, 1.807) is 30.9 Å². The van der Waals surface area contributed by atoms with Crippen LogP contribution in [0, 0.1) is 11.7 Å². The summed E-state index contributed by atoms with van der Waals surface area (Å²) >= 11 is 0. The Bertz CT molecular complexity index is 2170. The first-order chi connectivity index (χ1) is 21.2. The van der Waals surface area contributed by atoms with Crippen LogP contribution in [0.3, 0.4) is 0 Å². The number of rotatable bonds is 8. The molecule has 222 valence electrons. The lowest BCUT2D eigenvalue weighted by atomic mass is 9.85. The zero-order valence-corrected chi connectivity index (χ0v) is 24.6. The molecule has 1 aromatic carbocycles. The Kier molecular flexibility index (Phi) is 6.92. The number of aromatic amines is 2. The van der Waals surface area contributed by atoms with E-state index in [4.69, 9.17) is 0 Å². The van der Waals surface area contributed by atoms with Crippen LogP contribution in [0.25, 0.3) is 55.7 Å². The maximum atomic E-state index is 14.6. The van der Waals surface area contributed by atoms with Gasteiger partial charge in [-0.25, -0.2) is 12.8 Å². The predicted molar refractivity (Wildman–Crippen MR) is 167 cm³/mol. The van der Waals surface area contributed by atoms with Crippen molar-refractivity contribution in [3.05, 3.63) is 78.6 Å². The lowest BCUT2D eigenvalue weighted by Crippen LogP contribution is -2.28. The SMILES string of the molecule is CS(=O)(=O)CCc1cc(F)cc(-c2nccc3[nH]c(-c4n[nH]c5cnc(-c6cncc(NC(=O)C7CCC7)c6)cc45)cc23)c1. The van der Waals surface area contributed by atoms with Crippen LogP contribution in [-0.2, 0) is 21.1 Å². The quantitative estimate of drug-likeness (QED) is 0.201. The summed E-state index contributed by atoms with van der Waals surface area (Å²) in [7, 11) is -3.19. The van der Waals surface area contributed by atoms with Gasteiger partial charge in [0, 0.05) is 52.0 Å². The first kappa shape index (κ1) is 27.8. The summed E-state index contributed by atoms with van der Waals surface area (Å²) in [4.78, 5) is 29.3. The van der Waals surface area contributed by atoms with Crippen molar-refractivity contribution in [2.45, 2.75) is 25.7 Å². The molecule has 1 saturated carbocycles. The third-order valence-electron chi connectivity index (χ3n) is 8.02. The number of pyridine rings is 3. The van der Waals surface area contributed by atoms with Crippen molar-refractivity contribution >= 4 is 43.2 Å². The Morgan fingerprint density at radius 2 is 1.82 bits per heavy atom. The number of hydrogen-bond donors (Lipinski definition) is 3. The van der Waals surface area contributed by atoms with Crippen LogP contribution in [0.2, 0.25) is 0 Å². The average molecular weight is 610 g/mol. The fourth-order valence-corrected chi connectivity index (χ4v) is 6.10. The summed E-state index contributed by atoms with van der Waals surface area (Å²) < 4.78 is 38.0. The van der Waals surface area contributed by atoms with E-state index in [9.17, 15) is 17.6 Å². The number of H-pyrrole nitrogens is 2. The van der Waals surface area contributed by atoms with Crippen LogP contribution in [0.1, 0.15) is 24.8 Å². The van der Waals surface area contributed by atoms with E-state index < -0.39 is 15.7 Å². The van der Waals surface area contributed by atoms with Gasteiger partial charge >= 0.3 is 0 Å². The summed E-state index contributed by atoms with van der Waals surface area (Å²) in [5.41, 5.74) is 6.69. The number of carbonyl (C=O) groups excluding carboxylic acids is 1. The fourth-order valence-electron chi connectivity index (χ4n) is 5.49. The predicted octanol–water partition coefficient (Wildman–Crippen LogP) is 5.70. The van der Waals surface area contributed by atoms with Gasteiger partial charge in [-0.05, 0) is 67.3 Å². The number of nitrogens with one attached hydrogen (secondary N) is 3. The Morgan fingerprint density at radius 3 is 2.61 bits per heavy atom. The van der Waals surface area contributed by atoms with Crippen molar-refractivity contribution < 1.29 is 17.6 Å². The highest BCUT2D eigenvalue weighted by molar-refractivity contribution is 7.90. The number of fused-ring (bicyclic) bond motifs is 2. The van der Waals surface area contributed by atoms with Gasteiger partial charge in [-0.1, -0.05) is 6.42 Å². The minimum absolute atomic E-state index is 0.0202. The van der Waals surface area contributed by atoms with Crippen LogP contribution in [0.5, 0.6) is 0 Å². The first-order valence-corrected chi connectivity index (χ1v) is 16.3. The summed E-state index contributed by atoms with van der Waals surface area (Å²) in [6.45, 7) is 0. The lowest BCUT2D eigenvalue weighted by Gasteiger charge is -2.24. The van der Waals surface area contributed by atoms with Crippen molar-refractivity contribution in [2.24, 2.45) is 5.92 Å². The normalized spacial score (nSPS) is 13.8. The minimum atomic E-state index is -3.19. The molecule has 0 radical (unpaired) electrons. The van der Waals surface area contributed by atoms with Crippen molar-refractivity contribution in [1.29, 1.82) is 0 Å². The smallest absolute Gasteiger partial charge is 0.227 e. The average Bonchev–Trinajstić information content (AvgIpc) is 3.58. The van der Waals surface area contributed by atoms with Crippen LogP contribution >= 0.6 is 0 Å². The number of nitrogens with zero attached hydrogens (tertiary/aromatic N) is 4. The van der Waals surface area contributed by atoms with E-state index in [2.05, 4.69) is 35.5 Å². The number of amides is 1. The highest BCUT2D eigenvalue weighted by atomic mass is 32.2. The monoisotopic (exact) mass is 609 g/mol. The molecule has 1 aliphatic rings. The van der Waals surface area contributed by atoms with E-state index in [-0.39, 0.29) is 24.0 Å². The molecule has 0 atom stereocenters. The number of aromatic nitrogens is 6. The molecule has 1 aliphatic carbocycles. The Labute approximate surface area is 252 Å². The van der Waals surface area contributed by atoms with E-state index in [0.29, 0.717) is 33.9 Å². The highest BCUT2D eigenvalue weighted by Gasteiger charge is 2.25. The molecule has 5 aromatic heterocycles. The molecule has 0 spiro atoms. The van der Waals surface area contributed by atoms with Gasteiger partial charge in [0.1, 0.15) is 21.3 Å². The van der Waals surface area contributed by atoms with Gasteiger partial charge in [-0.15, -0.1) is 0 Å². The summed E-state index contributed by atoms with van der Waals surface area (Å²) in [5, 5.41) is 12.2. The Morgan fingerprint density at radius 1 is 0.977 bits per heavy atom. The highest BCUT2D eigenvalue weighted by Crippen LogP contribution is 2.35. The third kappa shape index (κ3) is 5.55. The third-order valence-corrected chi connectivity index (χ3v) is 8.97. The molecule has 10 nitrogen and oxygen atoms in total. The second kappa shape index (κ2) is 10.9. The van der Waals surface area contributed by atoms with Crippen LogP contribution in [0.4, 0.5) is 10.1 Å². The van der Waals surface area contributed by atoms with Crippen LogP contribution in [-0.4, -0.2) is 56.5 Å². The van der Waals surface area contributed by atoms with Crippen LogP contribution in [0.15, 0.2) is 67.3 Å². The molecule has 12 heteroatoms. The topological polar surface area (TPSA) is 146 Å². The van der Waals surface area contributed by atoms with Crippen molar-refractivity contribution in [3.8, 4) is 33.9 Å². The molecule has 0 saturated heterocycles. The number of benzene rings is 1. The fraction of sp³-hybridized carbons (Fsp3) is 0.219. The number of halogens is 1. The molecule has 1 amide bonds. The van der Waals surface area contributed by atoms with Crippen LogP contribution < -0.4 is 5.32 Å². The number of aryl methyl sites for hydroxylation is 1. The maximum absolute atomic E-state index is 14.6. The molecule has 0 aliphatic heterocycles. The van der Waals surface area contributed by atoms with E-state index in [1.807, 2.05) is 24.3 Å². The summed E-state index contributed by atoms with van der Waals surface area (Å²) in [6, 6.07) is 12.1. The largest absolute Gasteiger partial charge is 0.353 e. The molecule has 5 heterocycles. The zero-order valence-electron chi connectivity index (χ0n) is 23.8. The molecule has 1 fully saturated rings. The number of carbonyl (C=O) groups is 1. The minimum Gasteiger partial charge on any atom is -0.353 e. The first-order valence-electron chi connectivity index (χ1n) is 14.3. The maximum Gasteiger partial charge on any atom is 0.227 e. The molecule has 44 heavy (non-hydrogen) atoms. The molecule has 6 aromatic rings. The van der Waals surface area contributed by atoms with Gasteiger partial charge < -0.3 is 10.3 Å². The second-order valence-corrected chi connectivity index (χ2v) is 13.6. The zero-order chi connectivity index (χ0) is 30.4. The van der Waals surface area contributed by atoms with Crippen molar-refractivity contribution in [2.75, 3.05) is 17.3 Å². The van der Waals surface area contributed by atoms with Crippen molar-refractivity contribution in [3.63, 3.8) is 0 Å². The van der Waals surface area contributed by atoms with E-state index in [1.165, 1.54) is 18.4 Å². The Balaban J connectivity index is 1.23. The van der Waals surface area contributed by atoms with Gasteiger partial charge in [0.2, 0.25) is 5.91 Å². The van der Waals surface area contributed by atoms with Gasteiger partial charge in [0.05, 0.1) is 46.4 Å². The molecule has 0 bridgehead atoms. The molecule has 0 unspecified atom stereocenters. The van der Waals surface area contributed by atoms with Gasteiger partial charge in [-0.2, -0.15) is 5.10 Å². The standard InChI is InChI=1S/C32H28FN7O3S/c1-44(42,43)8-6-18-9-20(11-22(33)10-18)30-24-14-28(38-26(24)5-7-35-30)31-25-13-27(36-17-29(25)39-40-31)21-12-23(16-34-15-21)37-32(41)19-3-2-4-19/h5,7,9-17,19,38H,2-4,6,8H2,1H3,(H,37,41)(H,39,40). The number of hydrogen-bond acceptors (Lipinski definition) is 7. The summed E-state index contributed by atoms with van der Waals surface area (Å²) in [5.74, 6) is -0.441.